The Bertz CT molecular complexity index is 801. The first kappa shape index (κ1) is 23.9. The third-order valence-electron chi connectivity index (χ3n) is 4.87. The van der Waals surface area contributed by atoms with Gasteiger partial charge in [0.2, 0.25) is 11.8 Å². The van der Waals surface area contributed by atoms with Gasteiger partial charge >= 0.3 is 0 Å². The molecular formula is C24H31FN2O2S. The van der Waals surface area contributed by atoms with Gasteiger partial charge in [-0.25, -0.2) is 4.39 Å². The highest BCUT2D eigenvalue weighted by molar-refractivity contribution is 7.98. The van der Waals surface area contributed by atoms with E-state index in [0.717, 1.165) is 18.6 Å². The van der Waals surface area contributed by atoms with Crippen LogP contribution in [-0.2, 0) is 21.9 Å². The number of carbonyl (C=O) groups excluding carboxylic acids is 2. The molecule has 2 aromatic rings. The highest BCUT2D eigenvalue weighted by Gasteiger charge is 2.26. The summed E-state index contributed by atoms with van der Waals surface area (Å²) in [6.45, 7) is 4.42. The molecule has 2 amide bonds. The molecule has 4 nitrogen and oxygen atoms in total. The molecule has 0 aliphatic rings. The van der Waals surface area contributed by atoms with Crippen molar-refractivity contribution >= 4 is 23.6 Å². The van der Waals surface area contributed by atoms with Crippen molar-refractivity contribution in [3.63, 3.8) is 0 Å². The van der Waals surface area contributed by atoms with Crippen molar-refractivity contribution in [3.8, 4) is 0 Å². The number of benzene rings is 2. The number of thioether (sulfide) groups is 1. The normalized spacial score (nSPS) is 11.7. The second kappa shape index (κ2) is 13.1. The van der Waals surface area contributed by atoms with Crippen molar-refractivity contribution in [2.24, 2.45) is 0 Å². The summed E-state index contributed by atoms with van der Waals surface area (Å²) in [4.78, 5) is 27.0. The molecule has 0 aliphatic heterocycles. The molecule has 0 fully saturated rings. The van der Waals surface area contributed by atoms with E-state index in [2.05, 4.69) is 24.4 Å². The Labute approximate surface area is 183 Å². The summed E-state index contributed by atoms with van der Waals surface area (Å²) in [6, 6.07) is 15.8. The fourth-order valence-electron chi connectivity index (χ4n) is 3.00. The van der Waals surface area contributed by atoms with Gasteiger partial charge in [-0.3, -0.25) is 9.59 Å². The zero-order chi connectivity index (χ0) is 21.8. The maximum atomic E-state index is 14.2. The minimum atomic E-state index is -0.659. The number of halogens is 1. The Balaban J connectivity index is 1.98. The molecule has 0 aromatic heterocycles. The fourth-order valence-corrected chi connectivity index (χ4v) is 3.89. The topological polar surface area (TPSA) is 49.4 Å². The van der Waals surface area contributed by atoms with E-state index in [-0.39, 0.29) is 24.2 Å². The van der Waals surface area contributed by atoms with Gasteiger partial charge in [0, 0.05) is 36.6 Å². The van der Waals surface area contributed by atoms with Gasteiger partial charge in [-0.05, 0) is 25.0 Å². The van der Waals surface area contributed by atoms with Gasteiger partial charge < -0.3 is 10.2 Å². The number of nitrogens with zero attached hydrogens (tertiary/aromatic N) is 1. The molecule has 0 saturated carbocycles. The molecule has 2 rings (SSSR count). The molecule has 0 unspecified atom stereocenters. The van der Waals surface area contributed by atoms with Crippen molar-refractivity contribution in [1.29, 1.82) is 0 Å². The molecule has 162 valence electrons. The summed E-state index contributed by atoms with van der Waals surface area (Å²) >= 11 is 1.68. The number of rotatable bonds is 12. The van der Waals surface area contributed by atoms with E-state index >= 15 is 0 Å². The average Bonchev–Trinajstić information content (AvgIpc) is 2.76. The predicted octanol–water partition coefficient (Wildman–Crippen LogP) is 4.78. The number of hydrogen-bond donors (Lipinski definition) is 1. The highest BCUT2D eigenvalue weighted by atomic mass is 32.2. The zero-order valence-corrected chi connectivity index (χ0v) is 18.6. The summed E-state index contributed by atoms with van der Waals surface area (Å²) in [6.07, 6.45) is 2.17. The number of hydrogen-bond acceptors (Lipinski definition) is 3. The van der Waals surface area contributed by atoms with Gasteiger partial charge in [0.15, 0.2) is 0 Å². The summed E-state index contributed by atoms with van der Waals surface area (Å²) < 4.78 is 14.2. The number of carbonyl (C=O) groups is 2. The van der Waals surface area contributed by atoms with Crippen LogP contribution in [0.15, 0.2) is 54.6 Å². The molecule has 0 aliphatic carbocycles. The third kappa shape index (κ3) is 7.82. The van der Waals surface area contributed by atoms with Gasteiger partial charge in [-0.2, -0.15) is 11.8 Å². The van der Waals surface area contributed by atoms with E-state index in [1.54, 1.807) is 36.9 Å². The van der Waals surface area contributed by atoms with E-state index in [1.807, 2.05) is 18.2 Å². The lowest BCUT2D eigenvalue weighted by atomic mass is 10.1. The first-order valence-electron chi connectivity index (χ1n) is 10.4. The van der Waals surface area contributed by atoms with Gasteiger partial charge in [0.05, 0.1) is 0 Å². The lowest BCUT2D eigenvalue weighted by Gasteiger charge is -2.29. The molecule has 0 radical (unpaired) electrons. The molecule has 0 spiro atoms. The van der Waals surface area contributed by atoms with E-state index in [0.29, 0.717) is 24.3 Å². The first-order valence-corrected chi connectivity index (χ1v) is 11.6. The largest absolute Gasteiger partial charge is 0.354 e. The van der Waals surface area contributed by atoms with E-state index in [9.17, 15) is 14.0 Å². The van der Waals surface area contributed by atoms with Crippen LogP contribution in [0.25, 0.3) is 0 Å². The average molecular weight is 431 g/mol. The lowest BCUT2D eigenvalue weighted by Crippen LogP contribution is -2.48. The van der Waals surface area contributed by atoms with Crippen molar-refractivity contribution in [2.45, 2.75) is 51.4 Å². The SMILES string of the molecule is CCCCNC(=O)[C@H](C)N(Cc1ccccc1F)C(=O)CCSCc1ccccc1. The van der Waals surface area contributed by atoms with E-state index < -0.39 is 6.04 Å². The van der Waals surface area contributed by atoms with Crippen molar-refractivity contribution < 1.29 is 14.0 Å². The maximum absolute atomic E-state index is 14.2. The monoisotopic (exact) mass is 430 g/mol. The smallest absolute Gasteiger partial charge is 0.242 e. The first-order chi connectivity index (χ1) is 14.5. The molecule has 0 bridgehead atoms. The summed E-state index contributed by atoms with van der Waals surface area (Å²) in [5.41, 5.74) is 1.62. The Morgan fingerprint density at radius 3 is 2.50 bits per heavy atom. The number of unbranched alkanes of at least 4 members (excludes halogenated alkanes) is 1. The highest BCUT2D eigenvalue weighted by Crippen LogP contribution is 2.17. The van der Waals surface area contributed by atoms with Crippen LogP contribution < -0.4 is 5.32 Å². The quantitative estimate of drug-likeness (QED) is 0.493. The van der Waals surface area contributed by atoms with Crippen LogP contribution in [0.4, 0.5) is 4.39 Å². The minimum absolute atomic E-state index is 0.0806. The molecule has 30 heavy (non-hydrogen) atoms. The second-order valence-electron chi connectivity index (χ2n) is 7.22. The molecule has 1 atom stereocenters. The number of amides is 2. The Kier molecular flexibility index (Phi) is 10.4. The van der Waals surface area contributed by atoms with Gasteiger partial charge in [0.25, 0.3) is 0 Å². The van der Waals surface area contributed by atoms with Crippen LogP contribution in [0.1, 0.15) is 44.2 Å². The summed E-state index contributed by atoms with van der Waals surface area (Å²) in [5.74, 6) is 0.759. The van der Waals surface area contributed by atoms with Crippen molar-refractivity contribution in [2.75, 3.05) is 12.3 Å². The van der Waals surface area contributed by atoms with Crippen molar-refractivity contribution in [3.05, 3.63) is 71.5 Å². The molecule has 1 N–H and O–H groups in total. The van der Waals surface area contributed by atoms with Gasteiger partial charge in [0.1, 0.15) is 11.9 Å². The Morgan fingerprint density at radius 2 is 1.80 bits per heavy atom. The molecule has 6 heteroatoms. The standard InChI is InChI=1S/C24H31FN2O2S/c1-3-4-15-26-24(29)19(2)27(17-21-12-8-9-13-22(21)25)23(28)14-16-30-18-20-10-6-5-7-11-20/h5-13,19H,3-4,14-18H2,1-2H3,(H,26,29)/t19-/m0/s1. The van der Waals surface area contributed by atoms with E-state index in [1.165, 1.54) is 16.5 Å². The second-order valence-corrected chi connectivity index (χ2v) is 8.33. The van der Waals surface area contributed by atoms with Crippen molar-refractivity contribution in [1.82, 2.24) is 10.2 Å². The molecular weight excluding hydrogens is 399 g/mol. The summed E-state index contributed by atoms with van der Waals surface area (Å²) in [7, 11) is 0. The third-order valence-corrected chi connectivity index (χ3v) is 5.90. The molecule has 0 heterocycles. The van der Waals surface area contributed by atoms with E-state index in [4.69, 9.17) is 0 Å². The fraction of sp³-hybridized carbons (Fsp3) is 0.417. The van der Waals surface area contributed by atoms with Crippen LogP contribution >= 0.6 is 11.8 Å². The van der Waals surface area contributed by atoms with Gasteiger partial charge in [-0.15, -0.1) is 0 Å². The van der Waals surface area contributed by atoms with Crippen LogP contribution in [0.5, 0.6) is 0 Å². The Hall–Kier alpha value is -2.34. The number of nitrogens with one attached hydrogen (secondary N) is 1. The van der Waals surface area contributed by atoms with Crippen LogP contribution in [0.3, 0.4) is 0 Å². The molecule has 0 saturated heterocycles. The minimum Gasteiger partial charge on any atom is -0.354 e. The Morgan fingerprint density at radius 1 is 1.10 bits per heavy atom. The van der Waals surface area contributed by atoms with Crippen LogP contribution in [0.2, 0.25) is 0 Å². The van der Waals surface area contributed by atoms with Crippen LogP contribution in [0, 0.1) is 5.82 Å². The summed E-state index contributed by atoms with van der Waals surface area (Å²) in [5, 5.41) is 2.88. The van der Waals surface area contributed by atoms with Crippen LogP contribution in [-0.4, -0.2) is 35.1 Å². The van der Waals surface area contributed by atoms with Gasteiger partial charge in [-0.1, -0.05) is 61.9 Å². The predicted molar refractivity (Wildman–Crippen MR) is 122 cm³/mol. The molecule has 2 aromatic carbocycles. The zero-order valence-electron chi connectivity index (χ0n) is 17.8. The maximum Gasteiger partial charge on any atom is 0.242 e. The lowest BCUT2D eigenvalue weighted by molar-refractivity contribution is -0.140.